The Morgan fingerprint density at radius 3 is 2.67 bits per heavy atom. The Bertz CT molecular complexity index is 522. The largest absolute Gasteiger partial charge is 0.378 e. The number of aliphatic hydroxyl groups is 1. The van der Waals surface area contributed by atoms with E-state index < -0.39 is 6.10 Å². The number of carbonyl (C=O) groups is 1. The van der Waals surface area contributed by atoms with Gasteiger partial charge in [0.15, 0.2) is 6.10 Å². The minimum Gasteiger partial charge on any atom is -0.378 e. The third kappa shape index (κ3) is 2.97. The van der Waals surface area contributed by atoms with Gasteiger partial charge in [-0.15, -0.1) is 11.3 Å². The maximum Gasteiger partial charge on any atom is 0.253 e. The van der Waals surface area contributed by atoms with Crippen LogP contribution in [0.1, 0.15) is 22.1 Å². The van der Waals surface area contributed by atoms with E-state index in [1.165, 1.54) is 0 Å². The van der Waals surface area contributed by atoms with Gasteiger partial charge in [-0.3, -0.25) is 4.79 Å². The van der Waals surface area contributed by atoms with Crippen molar-refractivity contribution in [1.29, 1.82) is 0 Å². The summed E-state index contributed by atoms with van der Waals surface area (Å²) in [5.41, 5.74) is 1.77. The SMILES string of the molecule is Cc1ccsc1CNC(=O)C(O)c1ccccc1. The Hall–Kier alpha value is -1.65. The first kappa shape index (κ1) is 12.8. The molecule has 0 bridgehead atoms. The topological polar surface area (TPSA) is 49.3 Å². The van der Waals surface area contributed by atoms with Crippen LogP contribution in [0.4, 0.5) is 0 Å². The van der Waals surface area contributed by atoms with Crippen LogP contribution in [-0.4, -0.2) is 11.0 Å². The zero-order chi connectivity index (χ0) is 13.0. The highest BCUT2D eigenvalue weighted by atomic mass is 32.1. The molecule has 0 aliphatic carbocycles. The number of thiophene rings is 1. The monoisotopic (exact) mass is 261 g/mol. The summed E-state index contributed by atoms with van der Waals surface area (Å²) in [4.78, 5) is 12.9. The molecule has 0 aliphatic rings. The molecule has 2 rings (SSSR count). The number of hydrogen-bond acceptors (Lipinski definition) is 3. The normalized spacial score (nSPS) is 12.1. The highest BCUT2D eigenvalue weighted by Crippen LogP contribution is 2.16. The molecule has 0 saturated carbocycles. The second-order valence-corrected chi connectivity index (χ2v) is 5.06. The fourth-order valence-electron chi connectivity index (χ4n) is 1.64. The van der Waals surface area contributed by atoms with E-state index in [1.807, 2.05) is 24.4 Å². The Labute approximate surface area is 110 Å². The molecule has 0 spiro atoms. The summed E-state index contributed by atoms with van der Waals surface area (Å²) in [5, 5.41) is 14.6. The van der Waals surface area contributed by atoms with E-state index in [0.29, 0.717) is 12.1 Å². The smallest absolute Gasteiger partial charge is 0.253 e. The van der Waals surface area contributed by atoms with Crippen molar-refractivity contribution in [1.82, 2.24) is 5.32 Å². The van der Waals surface area contributed by atoms with E-state index in [9.17, 15) is 9.90 Å². The molecule has 0 saturated heterocycles. The van der Waals surface area contributed by atoms with Crippen LogP contribution in [-0.2, 0) is 11.3 Å². The summed E-state index contributed by atoms with van der Waals surface area (Å²) in [6, 6.07) is 10.9. The van der Waals surface area contributed by atoms with Gasteiger partial charge in [-0.05, 0) is 29.5 Å². The van der Waals surface area contributed by atoms with Crippen LogP contribution in [0.5, 0.6) is 0 Å². The quantitative estimate of drug-likeness (QED) is 0.888. The molecule has 2 aromatic rings. The Balaban J connectivity index is 1.95. The van der Waals surface area contributed by atoms with Crippen LogP contribution in [0.25, 0.3) is 0 Å². The maximum atomic E-state index is 11.8. The maximum absolute atomic E-state index is 11.8. The van der Waals surface area contributed by atoms with Gasteiger partial charge >= 0.3 is 0 Å². The van der Waals surface area contributed by atoms with Crippen molar-refractivity contribution >= 4 is 17.2 Å². The van der Waals surface area contributed by atoms with Crippen molar-refractivity contribution in [2.75, 3.05) is 0 Å². The highest BCUT2D eigenvalue weighted by molar-refractivity contribution is 7.10. The lowest BCUT2D eigenvalue weighted by atomic mass is 10.1. The number of amides is 1. The van der Waals surface area contributed by atoms with Gasteiger partial charge in [-0.1, -0.05) is 30.3 Å². The minimum absolute atomic E-state index is 0.367. The number of aryl methyl sites for hydroxylation is 1. The van der Waals surface area contributed by atoms with Crippen molar-refractivity contribution in [3.63, 3.8) is 0 Å². The summed E-state index contributed by atoms with van der Waals surface area (Å²) >= 11 is 1.60. The summed E-state index contributed by atoms with van der Waals surface area (Å²) in [5.74, 6) is -0.367. The lowest BCUT2D eigenvalue weighted by molar-refractivity contribution is -0.129. The molecule has 1 unspecified atom stereocenters. The summed E-state index contributed by atoms with van der Waals surface area (Å²) in [7, 11) is 0. The van der Waals surface area contributed by atoms with Gasteiger partial charge in [-0.25, -0.2) is 0 Å². The average Bonchev–Trinajstić information content (AvgIpc) is 2.81. The first-order chi connectivity index (χ1) is 8.68. The van der Waals surface area contributed by atoms with Crippen molar-refractivity contribution in [3.05, 3.63) is 57.8 Å². The van der Waals surface area contributed by atoms with Gasteiger partial charge < -0.3 is 10.4 Å². The first-order valence-electron chi connectivity index (χ1n) is 5.72. The molecule has 2 N–H and O–H groups in total. The Morgan fingerprint density at radius 1 is 1.33 bits per heavy atom. The molecular weight excluding hydrogens is 246 g/mol. The third-order valence-electron chi connectivity index (χ3n) is 2.76. The average molecular weight is 261 g/mol. The van der Waals surface area contributed by atoms with E-state index in [0.717, 1.165) is 10.4 Å². The molecule has 1 amide bonds. The number of hydrogen-bond donors (Lipinski definition) is 2. The number of rotatable bonds is 4. The second kappa shape index (κ2) is 5.80. The molecule has 1 atom stereocenters. The van der Waals surface area contributed by atoms with Gasteiger partial charge in [0.05, 0.1) is 6.54 Å². The van der Waals surface area contributed by atoms with Crippen LogP contribution in [0.2, 0.25) is 0 Å². The number of benzene rings is 1. The van der Waals surface area contributed by atoms with Gasteiger partial charge in [0, 0.05) is 4.88 Å². The molecule has 1 heterocycles. The van der Waals surface area contributed by atoms with Gasteiger partial charge in [0.1, 0.15) is 0 Å². The molecule has 1 aromatic heterocycles. The second-order valence-electron chi connectivity index (χ2n) is 4.06. The van der Waals surface area contributed by atoms with Crippen molar-refractivity contribution in [3.8, 4) is 0 Å². The van der Waals surface area contributed by atoms with Crippen LogP contribution in [0, 0.1) is 6.92 Å². The summed E-state index contributed by atoms with van der Waals surface area (Å²) < 4.78 is 0. The zero-order valence-electron chi connectivity index (χ0n) is 10.1. The molecule has 0 aliphatic heterocycles. The standard InChI is InChI=1S/C14H15NO2S/c1-10-7-8-18-12(10)9-15-14(17)13(16)11-5-3-2-4-6-11/h2-8,13,16H,9H2,1H3,(H,15,17). The fraction of sp³-hybridized carbons (Fsp3) is 0.214. The van der Waals surface area contributed by atoms with Gasteiger partial charge in [-0.2, -0.15) is 0 Å². The molecular formula is C14H15NO2S. The lowest BCUT2D eigenvalue weighted by Gasteiger charge is -2.11. The van der Waals surface area contributed by atoms with E-state index >= 15 is 0 Å². The molecule has 3 nitrogen and oxygen atoms in total. The predicted molar refractivity (Wildman–Crippen MR) is 72.3 cm³/mol. The van der Waals surface area contributed by atoms with Crippen molar-refractivity contribution in [2.24, 2.45) is 0 Å². The van der Waals surface area contributed by atoms with E-state index in [-0.39, 0.29) is 5.91 Å². The van der Waals surface area contributed by atoms with Crippen LogP contribution >= 0.6 is 11.3 Å². The number of carbonyl (C=O) groups excluding carboxylic acids is 1. The third-order valence-corrected chi connectivity index (χ3v) is 3.78. The Kier molecular flexibility index (Phi) is 4.12. The molecule has 94 valence electrons. The van der Waals surface area contributed by atoms with Crippen molar-refractivity contribution < 1.29 is 9.90 Å². The lowest BCUT2D eigenvalue weighted by Crippen LogP contribution is -2.28. The van der Waals surface area contributed by atoms with Gasteiger partial charge in [0.25, 0.3) is 5.91 Å². The number of aliphatic hydroxyl groups excluding tert-OH is 1. The molecule has 0 radical (unpaired) electrons. The molecule has 0 fully saturated rings. The number of nitrogens with one attached hydrogen (secondary N) is 1. The zero-order valence-corrected chi connectivity index (χ0v) is 10.9. The molecule has 4 heteroatoms. The molecule has 1 aromatic carbocycles. The highest BCUT2D eigenvalue weighted by Gasteiger charge is 2.16. The molecule has 18 heavy (non-hydrogen) atoms. The van der Waals surface area contributed by atoms with Crippen molar-refractivity contribution in [2.45, 2.75) is 19.6 Å². The van der Waals surface area contributed by atoms with Crippen LogP contribution in [0.15, 0.2) is 41.8 Å². The Morgan fingerprint density at radius 2 is 2.06 bits per heavy atom. The summed E-state index contributed by atoms with van der Waals surface area (Å²) in [6.07, 6.45) is -1.11. The first-order valence-corrected chi connectivity index (χ1v) is 6.60. The van der Waals surface area contributed by atoms with E-state index in [2.05, 4.69) is 5.32 Å². The van der Waals surface area contributed by atoms with Crippen LogP contribution in [0.3, 0.4) is 0 Å². The fourth-order valence-corrected chi connectivity index (χ4v) is 2.48. The van der Waals surface area contributed by atoms with Crippen LogP contribution < -0.4 is 5.32 Å². The van der Waals surface area contributed by atoms with Gasteiger partial charge in [0.2, 0.25) is 0 Å². The van der Waals surface area contributed by atoms with E-state index in [4.69, 9.17) is 0 Å². The van der Waals surface area contributed by atoms with E-state index in [1.54, 1.807) is 35.6 Å². The summed E-state index contributed by atoms with van der Waals surface area (Å²) in [6.45, 7) is 2.47. The predicted octanol–water partition coefficient (Wildman–Crippen LogP) is 2.41. The minimum atomic E-state index is -1.11.